The SMILES string of the molecule is Cc1cccc(CCNC(=O)c2c[nH]c3ncc(Br)cc23)n1. The first-order chi connectivity index (χ1) is 10.6. The third-order valence-electron chi connectivity index (χ3n) is 3.36. The molecule has 22 heavy (non-hydrogen) atoms. The highest BCUT2D eigenvalue weighted by molar-refractivity contribution is 9.10. The van der Waals surface area contributed by atoms with Crippen molar-refractivity contribution in [1.29, 1.82) is 0 Å². The molecule has 0 spiro atoms. The summed E-state index contributed by atoms with van der Waals surface area (Å²) in [5.41, 5.74) is 3.26. The first-order valence-electron chi connectivity index (χ1n) is 6.97. The zero-order valence-electron chi connectivity index (χ0n) is 12.1. The summed E-state index contributed by atoms with van der Waals surface area (Å²) >= 11 is 3.37. The van der Waals surface area contributed by atoms with Crippen molar-refractivity contribution in [2.75, 3.05) is 6.54 Å². The van der Waals surface area contributed by atoms with Gasteiger partial charge in [-0.2, -0.15) is 0 Å². The maximum atomic E-state index is 12.3. The van der Waals surface area contributed by atoms with Crippen molar-refractivity contribution in [3.05, 3.63) is 58.1 Å². The molecule has 0 unspecified atom stereocenters. The largest absolute Gasteiger partial charge is 0.352 e. The number of nitrogens with one attached hydrogen (secondary N) is 2. The zero-order chi connectivity index (χ0) is 15.5. The average molecular weight is 359 g/mol. The minimum absolute atomic E-state index is 0.112. The van der Waals surface area contributed by atoms with Crippen molar-refractivity contribution >= 4 is 32.9 Å². The summed E-state index contributed by atoms with van der Waals surface area (Å²) in [6.45, 7) is 2.50. The molecule has 2 N–H and O–H groups in total. The standard InChI is InChI=1S/C16H15BrN4O/c1-10-3-2-4-12(21-10)5-6-18-16(22)14-9-20-15-13(14)7-11(17)8-19-15/h2-4,7-9H,5-6H2,1H3,(H,18,22)(H,19,20). The van der Waals surface area contributed by atoms with E-state index in [9.17, 15) is 4.79 Å². The first-order valence-corrected chi connectivity index (χ1v) is 7.76. The molecule has 0 fully saturated rings. The van der Waals surface area contributed by atoms with Gasteiger partial charge in [0.05, 0.1) is 5.56 Å². The van der Waals surface area contributed by atoms with Gasteiger partial charge in [-0.25, -0.2) is 4.98 Å². The van der Waals surface area contributed by atoms with E-state index in [0.717, 1.165) is 21.2 Å². The maximum absolute atomic E-state index is 12.3. The van der Waals surface area contributed by atoms with Gasteiger partial charge in [0.2, 0.25) is 0 Å². The summed E-state index contributed by atoms with van der Waals surface area (Å²) in [5, 5.41) is 3.73. The third-order valence-corrected chi connectivity index (χ3v) is 3.79. The molecule has 3 aromatic heterocycles. The number of aromatic nitrogens is 3. The lowest BCUT2D eigenvalue weighted by molar-refractivity contribution is 0.0956. The molecule has 3 rings (SSSR count). The van der Waals surface area contributed by atoms with Crippen LogP contribution in [0.25, 0.3) is 11.0 Å². The molecule has 0 aliphatic carbocycles. The highest BCUT2D eigenvalue weighted by atomic mass is 79.9. The van der Waals surface area contributed by atoms with E-state index in [1.807, 2.05) is 31.2 Å². The van der Waals surface area contributed by atoms with Crippen molar-refractivity contribution < 1.29 is 4.79 Å². The normalized spacial score (nSPS) is 10.8. The van der Waals surface area contributed by atoms with E-state index < -0.39 is 0 Å². The number of fused-ring (bicyclic) bond motifs is 1. The van der Waals surface area contributed by atoms with Crippen LogP contribution >= 0.6 is 15.9 Å². The molecule has 3 aromatic rings. The lowest BCUT2D eigenvalue weighted by Gasteiger charge is -2.05. The minimum Gasteiger partial charge on any atom is -0.352 e. The van der Waals surface area contributed by atoms with Crippen LogP contribution in [0.15, 0.2) is 41.1 Å². The Kier molecular flexibility index (Phi) is 4.20. The van der Waals surface area contributed by atoms with Crippen molar-refractivity contribution in [3.63, 3.8) is 0 Å². The van der Waals surface area contributed by atoms with Crippen LogP contribution in [-0.4, -0.2) is 27.4 Å². The second-order valence-corrected chi connectivity index (χ2v) is 5.94. The van der Waals surface area contributed by atoms with Crippen molar-refractivity contribution in [3.8, 4) is 0 Å². The van der Waals surface area contributed by atoms with Gasteiger partial charge in [-0.1, -0.05) is 6.07 Å². The number of carbonyl (C=O) groups excluding carboxylic acids is 1. The Hall–Kier alpha value is -2.21. The van der Waals surface area contributed by atoms with Crippen molar-refractivity contribution in [1.82, 2.24) is 20.3 Å². The lowest BCUT2D eigenvalue weighted by atomic mass is 10.2. The molecule has 0 aromatic carbocycles. The van der Waals surface area contributed by atoms with Crippen LogP contribution in [0.2, 0.25) is 0 Å². The zero-order valence-corrected chi connectivity index (χ0v) is 13.6. The smallest absolute Gasteiger partial charge is 0.253 e. The van der Waals surface area contributed by atoms with Gasteiger partial charge in [-0.05, 0) is 41.1 Å². The fourth-order valence-electron chi connectivity index (χ4n) is 2.30. The number of aryl methyl sites for hydroxylation is 1. The molecule has 0 aliphatic rings. The van der Waals surface area contributed by atoms with Crippen LogP contribution in [-0.2, 0) is 6.42 Å². The summed E-state index contributed by atoms with van der Waals surface area (Å²) in [7, 11) is 0. The topological polar surface area (TPSA) is 70.7 Å². The Morgan fingerprint density at radius 2 is 2.27 bits per heavy atom. The van der Waals surface area contributed by atoms with Gasteiger partial charge >= 0.3 is 0 Å². The predicted molar refractivity (Wildman–Crippen MR) is 88.8 cm³/mol. The molecule has 112 valence electrons. The van der Waals surface area contributed by atoms with E-state index in [1.165, 1.54) is 0 Å². The Bertz CT molecular complexity index is 828. The molecular formula is C16H15BrN4O. The van der Waals surface area contributed by atoms with E-state index in [4.69, 9.17) is 0 Å². The maximum Gasteiger partial charge on any atom is 0.253 e. The summed E-state index contributed by atoms with van der Waals surface area (Å²) in [5.74, 6) is -0.112. The molecule has 0 saturated carbocycles. The van der Waals surface area contributed by atoms with Gasteiger partial charge in [0.15, 0.2) is 0 Å². The van der Waals surface area contributed by atoms with E-state index in [0.29, 0.717) is 24.2 Å². The van der Waals surface area contributed by atoms with Gasteiger partial charge < -0.3 is 10.3 Å². The number of hydrogen-bond acceptors (Lipinski definition) is 3. The minimum atomic E-state index is -0.112. The number of halogens is 1. The highest BCUT2D eigenvalue weighted by Crippen LogP contribution is 2.20. The summed E-state index contributed by atoms with van der Waals surface area (Å²) in [6.07, 6.45) is 4.09. The Labute approximate surface area is 136 Å². The van der Waals surface area contributed by atoms with Crippen molar-refractivity contribution in [2.24, 2.45) is 0 Å². The predicted octanol–water partition coefficient (Wildman–Crippen LogP) is 3.00. The lowest BCUT2D eigenvalue weighted by Crippen LogP contribution is -2.25. The summed E-state index contributed by atoms with van der Waals surface area (Å²) in [4.78, 5) is 23.9. The highest BCUT2D eigenvalue weighted by Gasteiger charge is 2.12. The molecule has 3 heterocycles. The van der Waals surface area contributed by atoms with Gasteiger partial charge in [-0.15, -0.1) is 0 Å². The Morgan fingerprint density at radius 3 is 3.09 bits per heavy atom. The number of amides is 1. The van der Waals surface area contributed by atoms with Crippen molar-refractivity contribution in [2.45, 2.75) is 13.3 Å². The van der Waals surface area contributed by atoms with Crippen LogP contribution in [0.5, 0.6) is 0 Å². The summed E-state index contributed by atoms with van der Waals surface area (Å²) in [6, 6.07) is 7.78. The van der Waals surface area contributed by atoms with Crippen LogP contribution in [0.4, 0.5) is 0 Å². The van der Waals surface area contributed by atoms with Gasteiger partial charge in [0.25, 0.3) is 5.91 Å². The number of aromatic amines is 1. The fourth-order valence-corrected chi connectivity index (χ4v) is 2.64. The quantitative estimate of drug-likeness (QED) is 0.752. The van der Waals surface area contributed by atoms with Crippen LogP contribution in [0.3, 0.4) is 0 Å². The Morgan fingerprint density at radius 1 is 1.41 bits per heavy atom. The Balaban J connectivity index is 1.67. The second-order valence-electron chi connectivity index (χ2n) is 5.03. The number of nitrogens with zero attached hydrogens (tertiary/aromatic N) is 2. The molecule has 0 bridgehead atoms. The number of rotatable bonds is 4. The van der Waals surface area contributed by atoms with Gasteiger partial charge in [0, 0.05) is 46.6 Å². The average Bonchev–Trinajstić information content (AvgIpc) is 2.90. The number of carbonyl (C=O) groups is 1. The number of H-pyrrole nitrogens is 1. The van der Waals surface area contributed by atoms with Crippen LogP contribution in [0.1, 0.15) is 21.7 Å². The molecule has 0 radical (unpaired) electrons. The van der Waals surface area contributed by atoms with E-state index in [1.54, 1.807) is 12.4 Å². The molecule has 0 aliphatic heterocycles. The molecule has 0 atom stereocenters. The second kappa shape index (κ2) is 6.27. The molecule has 5 nitrogen and oxygen atoms in total. The molecule has 1 amide bonds. The van der Waals surface area contributed by atoms with Gasteiger partial charge in [-0.3, -0.25) is 9.78 Å². The van der Waals surface area contributed by atoms with E-state index >= 15 is 0 Å². The summed E-state index contributed by atoms with van der Waals surface area (Å²) < 4.78 is 0.845. The number of hydrogen-bond donors (Lipinski definition) is 2. The first kappa shape index (κ1) is 14.7. The third kappa shape index (κ3) is 3.17. The van der Waals surface area contributed by atoms with Crippen LogP contribution in [0, 0.1) is 6.92 Å². The molecular weight excluding hydrogens is 344 g/mol. The van der Waals surface area contributed by atoms with Gasteiger partial charge in [0.1, 0.15) is 5.65 Å². The number of pyridine rings is 2. The van der Waals surface area contributed by atoms with Crippen LogP contribution < -0.4 is 5.32 Å². The fraction of sp³-hybridized carbons (Fsp3) is 0.188. The molecule has 0 saturated heterocycles. The van der Waals surface area contributed by atoms with E-state index in [-0.39, 0.29) is 5.91 Å². The van der Waals surface area contributed by atoms with E-state index in [2.05, 4.69) is 36.2 Å². The molecule has 6 heteroatoms. The monoisotopic (exact) mass is 358 g/mol.